The topological polar surface area (TPSA) is 89.1 Å². The van der Waals surface area contributed by atoms with E-state index in [2.05, 4.69) is 0 Å². The molecule has 0 saturated heterocycles. The first-order valence-corrected chi connectivity index (χ1v) is 9.59. The maximum Gasteiger partial charge on any atom is 0.204 e. The molecule has 6 nitrogen and oxygen atoms in total. The maximum absolute atomic E-state index is 13.3. The highest BCUT2D eigenvalue weighted by atomic mass is 16.5. The highest BCUT2D eigenvalue weighted by Crippen LogP contribution is 2.50. The van der Waals surface area contributed by atoms with Crippen molar-refractivity contribution >= 4 is 28.0 Å². The SMILES string of the molecule is C[C@@H]1Oc2cc(O)c3c(=O)c4cc5c(c(O)c4oc3c2C1(C)C)OC(C)(C)C=C5. The molecule has 3 heterocycles. The number of phenolic OH excluding ortho intramolecular Hbond substituents is 2. The Labute approximate surface area is 167 Å². The molecule has 0 saturated carbocycles. The largest absolute Gasteiger partial charge is 0.507 e. The predicted molar refractivity (Wildman–Crippen MR) is 110 cm³/mol. The number of rotatable bonds is 0. The van der Waals surface area contributed by atoms with Crippen molar-refractivity contribution in [1.82, 2.24) is 0 Å². The minimum Gasteiger partial charge on any atom is -0.507 e. The Balaban J connectivity index is 1.95. The summed E-state index contributed by atoms with van der Waals surface area (Å²) in [6.45, 7) is 9.66. The molecule has 3 aromatic rings. The van der Waals surface area contributed by atoms with Crippen LogP contribution in [0.4, 0.5) is 0 Å². The predicted octanol–water partition coefficient (Wildman–Crippen LogP) is 4.60. The fourth-order valence-corrected chi connectivity index (χ4v) is 4.17. The quantitative estimate of drug-likeness (QED) is 0.542. The second-order valence-corrected chi connectivity index (χ2v) is 8.94. The maximum atomic E-state index is 13.3. The van der Waals surface area contributed by atoms with Crippen LogP contribution in [0.5, 0.6) is 23.0 Å². The monoisotopic (exact) mass is 394 g/mol. The standard InChI is InChI=1S/C23H22O6/c1-10-23(4,5)16-14(27-10)9-13(24)15-17(25)12-8-11-6-7-22(2,3)29-19(11)18(26)20(12)28-21(15)16/h6-10,24,26H,1-5H3/t10-/m0/s1. The Morgan fingerprint density at radius 2 is 1.79 bits per heavy atom. The summed E-state index contributed by atoms with van der Waals surface area (Å²) < 4.78 is 17.9. The van der Waals surface area contributed by atoms with Crippen LogP contribution in [0.3, 0.4) is 0 Å². The van der Waals surface area contributed by atoms with Crippen LogP contribution in [0.2, 0.25) is 0 Å². The first-order valence-electron chi connectivity index (χ1n) is 9.59. The van der Waals surface area contributed by atoms with Crippen molar-refractivity contribution in [1.29, 1.82) is 0 Å². The van der Waals surface area contributed by atoms with Crippen molar-refractivity contribution in [2.75, 3.05) is 0 Å². The van der Waals surface area contributed by atoms with Gasteiger partial charge in [-0.2, -0.15) is 0 Å². The number of ether oxygens (including phenoxy) is 2. The van der Waals surface area contributed by atoms with Crippen molar-refractivity contribution < 1.29 is 24.1 Å². The van der Waals surface area contributed by atoms with Gasteiger partial charge >= 0.3 is 0 Å². The van der Waals surface area contributed by atoms with Gasteiger partial charge in [0.1, 0.15) is 34.2 Å². The second kappa shape index (κ2) is 5.26. The molecule has 6 heteroatoms. The Bertz CT molecular complexity index is 1310. The summed E-state index contributed by atoms with van der Waals surface area (Å²) in [6.07, 6.45) is 3.49. The summed E-state index contributed by atoms with van der Waals surface area (Å²) in [5.41, 5.74) is 0.0983. The highest BCUT2D eigenvalue weighted by Gasteiger charge is 2.42. The summed E-state index contributed by atoms with van der Waals surface area (Å²) in [5.74, 6) is 0.321. The normalized spacial score (nSPS) is 20.9. The Kier molecular flexibility index (Phi) is 3.25. The number of benzene rings is 2. The van der Waals surface area contributed by atoms with Gasteiger partial charge in [0, 0.05) is 22.6 Å². The molecule has 0 unspecified atom stereocenters. The Hall–Kier alpha value is -3.15. The van der Waals surface area contributed by atoms with Gasteiger partial charge in [-0.1, -0.05) is 19.9 Å². The molecule has 2 aliphatic heterocycles. The van der Waals surface area contributed by atoms with Gasteiger partial charge in [0.2, 0.25) is 11.2 Å². The molecular weight excluding hydrogens is 372 g/mol. The molecule has 2 N–H and O–H groups in total. The molecule has 0 radical (unpaired) electrons. The second-order valence-electron chi connectivity index (χ2n) is 8.94. The lowest BCUT2D eigenvalue weighted by atomic mass is 9.81. The fraction of sp³-hybridized carbons (Fsp3) is 0.348. The van der Waals surface area contributed by atoms with E-state index < -0.39 is 16.4 Å². The molecule has 0 bridgehead atoms. The molecule has 5 rings (SSSR count). The lowest BCUT2D eigenvalue weighted by Crippen LogP contribution is -2.29. The minimum absolute atomic E-state index is 0.0375. The molecule has 29 heavy (non-hydrogen) atoms. The smallest absolute Gasteiger partial charge is 0.204 e. The van der Waals surface area contributed by atoms with E-state index in [9.17, 15) is 15.0 Å². The zero-order valence-corrected chi connectivity index (χ0v) is 16.9. The van der Waals surface area contributed by atoms with Crippen LogP contribution in [-0.4, -0.2) is 21.9 Å². The zero-order chi connectivity index (χ0) is 20.9. The van der Waals surface area contributed by atoms with Crippen molar-refractivity contribution in [3.63, 3.8) is 0 Å². The van der Waals surface area contributed by atoms with Crippen LogP contribution in [-0.2, 0) is 5.41 Å². The fourth-order valence-electron chi connectivity index (χ4n) is 4.17. The highest BCUT2D eigenvalue weighted by molar-refractivity contribution is 6.00. The van der Waals surface area contributed by atoms with Gasteiger partial charge in [-0.05, 0) is 32.9 Å². The van der Waals surface area contributed by atoms with Crippen LogP contribution >= 0.6 is 0 Å². The third-order valence-electron chi connectivity index (χ3n) is 6.13. The van der Waals surface area contributed by atoms with Crippen molar-refractivity contribution in [3.8, 4) is 23.0 Å². The van der Waals surface area contributed by atoms with Gasteiger partial charge in [0.15, 0.2) is 11.3 Å². The first kappa shape index (κ1) is 17.9. The van der Waals surface area contributed by atoms with E-state index in [1.54, 1.807) is 6.07 Å². The molecule has 150 valence electrons. The minimum atomic E-state index is -0.597. The van der Waals surface area contributed by atoms with E-state index in [0.29, 0.717) is 16.9 Å². The van der Waals surface area contributed by atoms with Gasteiger partial charge in [0.05, 0.1) is 5.39 Å². The summed E-state index contributed by atoms with van der Waals surface area (Å²) >= 11 is 0. The van der Waals surface area contributed by atoms with Gasteiger partial charge in [-0.25, -0.2) is 0 Å². The van der Waals surface area contributed by atoms with E-state index in [0.717, 1.165) is 0 Å². The molecule has 0 aliphatic carbocycles. The summed E-state index contributed by atoms with van der Waals surface area (Å²) in [5, 5.41) is 21.8. The van der Waals surface area contributed by atoms with Crippen LogP contribution in [0, 0.1) is 0 Å². The molecule has 1 aromatic heterocycles. The molecule has 2 aromatic carbocycles. The summed E-state index contributed by atoms with van der Waals surface area (Å²) in [7, 11) is 0. The molecule has 0 amide bonds. The Morgan fingerprint density at radius 1 is 1.07 bits per heavy atom. The number of aromatic hydroxyl groups is 2. The number of hydrogen-bond acceptors (Lipinski definition) is 6. The van der Waals surface area contributed by atoms with E-state index in [1.165, 1.54) is 6.07 Å². The van der Waals surface area contributed by atoms with E-state index >= 15 is 0 Å². The van der Waals surface area contributed by atoms with Crippen LogP contribution in [0.25, 0.3) is 28.0 Å². The molecule has 2 aliphatic rings. The lowest BCUT2D eigenvalue weighted by molar-refractivity contribution is 0.153. The molecular formula is C23H22O6. The molecule has 1 atom stereocenters. The Morgan fingerprint density at radius 3 is 2.52 bits per heavy atom. The van der Waals surface area contributed by atoms with E-state index in [1.807, 2.05) is 46.8 Å². The lowest BCUT2D eigenvalue weighted by Gasteiger charge is -2.28. The van der Waals surface area contributed by atoms with Crippen LogP contribution in [0.1, 0.15) is 45.7 Å². The van der Waals surface area contributed by atoms with Crippen molar-refractivity contribution in [3.05, 3.63) is 39.6 Å². The van der Waals surface area contributed by atoms with Gasteiger partial charge < -0.3 is 24.1 Å². The molecule has 0 fully saturated rings. The van der Waals surface area contributed by atoms with Gasteiger partial charge in [0.25, 0.3) is 0 Å². The number of hydrogen-bond donors (Lipinski definition) is 2. The van der Waals surface area contributed by atoms with Crippen LogP contribution < -0.4 is 14.9 Å². The van der Waals surface area contributed by atoms with Gasteiger partial charge in [-0.15, -0.1) is 0 Å². The number of phenols is 2. The van der Waals surface area contributed by atoms with Gasteiger partial charge in [-0.3, -0.25) is 4.79 Å². The zero-order valence-electron chi connectivity index (χ0n) is 16.9. The van der Waals surface area contributed by atoms with E-state index in [4.69, 9.17) is 13.9 Å². The molecule has 0 spiro atoms. The van der Waals surface area contributed by atoms with Crippen molar-refractivity contribution in [2.24, 2.45) is 0 Å². The average molecular weight is 394 g/mol. The average Bonchev–Trinajstić information content (AvgIpc) is 2.85. The van der Waals surface area contributed by atoms with Crippen LogP contribution in [0.15, 0.2) is 27.4 Å². The van der Waals surface area contributed by atoms with E-state index in [-0.39, 0.29) is 45.3 Å². The third-order valence-corrected chi connectivity index (χ3v) is 6.13. The van der Waals surface area contributed by atoms with Crippen molar-refractivity contribution in [2.45, 2.75) is 51.7 Å². The summed E-state index contributed by atoms with van der Waals surface area (Å²) in [6, 6.07) is 3.09. The summed E-state index contributed by atoms with van der Waals surface area (Å²) in [4.78, 5) is 13.3. The third kappa shape index (κ3) is 2.26. The first-order chi connectivity index (χ1) is 13.5. The number of fused-ring (bicyclic) bond motifs is 5.